The maximum absolute atomic E-state index is 11.7. The van der Waals surface area contributed by atoms with Crippen LogP contribution in [0.5, 0.6) is 0 Å². The first-order chi connectivity index (χ1) is 8.09. The molecule has 4 aliphatic rings. The van der Waals surface area contributed by atoms with Gasteiger partial charge in [0.05, 0.1) is 0 Å². The van der Waals surface area contributed by atoms with Crippen LogP contribution >= 0.6 is 11.8 Å². The van der Waals surface area contributed by atoms with Gasteiger partial charge in [-0.05, 0) is 62.0 Å². The van der Waals surface area contributed by atoms with E-state index in [1.165, 1.54) is 56.7 Å². The summed E-state index contributed by atoms with van der Waals surface area (Å²) in [5.74, 6) is 1.77. The van der Waals surface area contributed by atoms with E-state index in [0.29, 0.717) is 5.41 Å². The van der Waals surface area contributed by atoms with Crippen molar-refractivity contribution in [3.63, 3.8) is 0 Å². The number of amides is 1. The van der Waals surface area contributed by atoms with Crippen molar-refractivity contribution in [2.75, 3.05) is 6.26 Å². The van der Waals surface area contributed by atoms with Crippen LogP contribution in [-0.4, -0.2) is 17.0 Å². The van der Waals surface area contributed by atoms with Gasteiger partial charge in [0, 0.05) is 5.54 Å². The Kier molecular flexibility index (Phi) is 2.73. The molecule has 0 aromatic carbocycles. The number of hydrogen-bond acceptors (Lipinski definition) is 2. The number of rotatable bonds is 2. The van der Waals surface area contributed by atoms with E-state index in [0.717, 1.165) is 11.8 Å². The quantitative estimate of drug-likeness (QED) is 0.811. The van der Waals surface area contributed by atoms with Gasteiger partial charge in [-0.1, -0.05) is 25.1 Å². The zero-order chi connectivity index (χ0) is 12.1. The number of hydrogen-bond donors (Lipinski definition) is 1. The summed E-state index contributed by atoms with van der Waals surface area (Å²) in [6, 6.07) is 0. The first-order valence-corrected chi connectivity index (χ1v) is 8.17. The third kappa shape index (κ3) is 1.91. The molecule has 4 saturated carbocycles. The Morgan fingerprint density at radius 3 is 2.47 bits per heavy atom. The Bertz CT molecular complexity index is 327. The highest BCUT2D eigenvalue weighted by atomic mass is 32.2. The third-order valence-electron chi connectivity index (χ3n) is 5.48. The highest BCUT2D eigenvalue weighted by molar-refractivity contribution is 8.12. The molecule has 4 bridgehead atoms. The van der Waals surface area contributed by atoms with Crippen LogP contribution in [0.1, 0.15) is 51.9 Å². The molecule has 1 amide bonds. The molecule has 0 unspecified atom stereocenters. The Hall–Kier alpha value is -0.180. The standard InChI is InChI=1S/C14H23NOS/c1-3-13-5-10-4-11(6-13)8-14(7-10,9-13)15-12(16)17-2/h10-11H,3-9H2,1-2H3,(H,15,16)/t10-,11-,13?,14?/m1/s1. The molecule has 0 heterocycles. The van der Waals surface area contributed by atoms with E-state index in [1.54, 1.807) is 0 Å². The van der Waals surface area contributed by atoms with E-state index in [4.69, 9.17) is 0 Å². The molecule has 2 atom stereocenters. The van der Waals surface area contributed by atoms with Gasteiger partial charge in [0.25, 0.3) is 5.24 Å². The fourth-order valence-electron chi connectivity index (χ4n) is 5.28. The van der Waals surface area contributed by atoms with Crippen molar-refractivity contribution in [2.45, 2.75) is 57.4 Å². The fourth-order valence-corrected chi connectivity index (χ4v) is 5.60. The number of carbonyl (C=O) groups excluding carboxylic acids is 1. The van der Waals surface area contributed by atoms with Crippen molar-refractivity contribution in [2.24, 2.45) is 17.3 Å². The lowest BCUT2D eigenvalue weighted by molar-refractivity contribution is -0.0775. The van der Waals surface area contributed by atoms with Crippen molar-refractivity contribution >= 4 is 17.0 Å². The van der Waals surface area contributed by atoms with E-state index in [1.807, 2.05) is 6.26 Å². The third-order valence-corrected chi connectivity index (χ3v) is 5.96. The second-order valence-electron chi connectivity index (χ2n) is 6.71. The molecule has 0 aliphatic heterocycles. The normalized spacial score (nSPS) is 47.2. The van der Waals surface area contributed by atoms with Gasteiger partial charge in [0.15, 0.2) is 0 Å². The summed E-state index contributed by atoms with van der Waals surface area (Å²) in [5, 5.41) is 3.54. The number of carbonyl (C=O) groups is 1. The molecule has 1 N–H and O–H groups in total. The smallest absolute Gasteiger partial charge is 0.279 e. The molecule has 4 aliphatic carbocycles. The zero-order valence-corrected chi connectivity index (χ0v) is 11.7. The summed E-state index contributed by atoms with van der Waals surface area (Å²) >= 11 is 1.33. The molecule has 0 aromatic heterocycles. The Morgan fingerprint density at radius 2 is 1.94 bits per heavy atom. The Morgan fingerprint density at radius 1 is 1.29 bits per heavy atom. The first-order valence-electron chi connectivity index (χ1n) is 6.95. The van der Waals surface area contributed by atoms with Gasteiger partial charge in [0.1, 0.15) is 0 Å². The molecule has 4 fully saturated rings. The molecule has 96 valence electrons. The van der Waals surface area contributed by atoms with E-state index in [2.05, 4.69) is 12.2 Å². The number of thioether (sulfide) groups is 1. The van der Waals surface area contributed by atoms with Crippen LogP contribution in [0.25, 0.3) is 0 Å². The molecule has 0 saturated heterocycles. The predicted octanol–water partition coefficient (Wildman–Crippen LogP) is 3.81. The van der Waals surface area contributed by atoms with Gasteiger partial charge in [-0.25, -0.2) is 0 Å². The summed E-state index contributed by atoms with van der Waals surface area (Å²) in [7, 11) is 0. The van der Waals surface area contributed by atoms with E-state index < -0.39 is 0 Å². The molecular formula is C14H23NOS. The lowest BCUT2D eigenvalue weighted by Gasteiger charge is -2.62. The highest BCUT2D eigenvalue weighted by Crippen LogP contribution is 2.62. The summed E-state index contributed by atoms with van der Waals surface area (Å²) < 4.78 is 0. The predicted molar refractivity (Wildman–Crippen MR) is 72.2 cm³/mol. The van der Waals surface area contributed by atoms with E-state index in [-0.39, 0.29) is 10.8 Å². The Labute approximate surface area is 108 Å². The van der Waals surface area contributed by atoms with Crippen molar-refractivity contribution in [1.29, 1.82) is 0 Å². The van der Waals surface area contributed by atoms with E-state index >= 15 is 0 Å². The van der Waals surface area contributed by atoms with Crippen molar-refractivity contribution in [1.82, 2.24) is 5.32 Å². The second kappa shape index (κ2) is 3.91. The molecule has 0 spiro atoms. The van der Waals surface area contributed by atoms with Gasteiger partial charge in [-0.3, -0.25) is 4.79 Å². The molecule has 3 heteroatoms. The zero-order valence-electron chi connectivity index (χ0n) is 10.9. The maximum atomic E-state index is 11.7. The van der Waals surface area contributed by atoms with Gasteiger partial charge < -0.3 is 5.32 Å². The van der Waals surface area contributed by atoms with Crippen molar-refractivity contribution in [3.05, 3.63) is 0 Å². The molecule has 2 nitrogen and oxygen atoms in total. The van der Waals surface area contributed by atoms with Gasteiger partial charge >= 0.3 is 0 Å². The summed E-state index contributed by atoms with van der Waals surface area (Å²) in [6.45, 7) is 2.34. The topological polar surface area (TPSA) is 29.1 Å². The van der Waals surface area contributed by atoms with Gasteiger partial charge in [-0.2, -0.15) is 0 Å². The van der Waals surface area contributed by atoms with Crippen LogP contribution in [0, 0.1) is 17.3 Å². The average Bonchev–Trinajstić information content (AvgIpc) is 2.26. The first kappa shape index (κ1) is 11.9. The summed E-state index contributed by atoms with van der Waals surface area (Å²) in [6.07, 6.45) is 11.2. The Balaban J connectivity index is 1.84. The largest absolute Gasteiger partial charge is 0.342 e. The van der Waals surface area contributed by atoms with Crippen LogP contribution in [0.4, 0.5) is 4.79 Å². The lowest BCUT2D eigenvalue weighted by Crippen LogP contribution is -2.62. The molecule has 0 aromatic rings. The molecule has 4 rings (SSSR count). The average molecular weight is 253 g/mol. The second-order valence-corrected chi connectivity index (χ2v) is 7.49. The van der Waals surface area contributed by atoms with Crippen LogP contribution in [0.15, 0.2) is 0 Å². The van der Waals surface area contributed by atoms with E-state index in [9.17, 15) is 4.79 Å². The van der Waals surface area contributed by atoms with Crippen LogP contribution < -0.4 is 5.32 Å². The van der Waals surface area contributed by atoms with Gasteiger partial charge in [-0.15, -0.1) is 0 Å². The SMILES string of the molecule is CCC12C[C@H]3C[C@H](C1)CC(NC(=O)SC)(C3)C2. The lowest BCUT2D eigenvalue weighted by atomic mass is 9.46. The molecule has 17 heavy (non-hydrogen) atoms. The summed E-state index contributed by atoms with van der Waals surface area (Å²) in [4.78, 5) is 11.7. The molecule has 0 radical (unpaired) electrons. The van der Waals surface area contributed by atoms with Crippen molar-refractivity contribution < 1.29 is 4.79 Å². The number of nitrogens with one attached hydrogen (secondary N) is 1. The van der Waals surface area contributed by atoms with Crippen LogP contribution in [0.3, 0.4) is 0 Å². The minimum Gasteiger partial charge on any atom is -0.342 e. The van der Waals surface area contributed by atoms with Crippen LogP contribution in [-0.2, 0) is 0 Å². The highest BCUT2D eigenvalue weighted by Gasteiger charge is 2.57. The molecular weight excluding hydrogens is 230 g/mol. The van der Waals surface area contributed by atoms with Crippen LogP contribution in [0.2, 0.25) is 0 Å². The summed E-state index contributed by atoms with van der Waals surface area (Å²) in [5.41, 5.74) is 0.732. The monoisotopic (exact) mass is 253 g/mol. The minimum atomic E-state index is 0.167. The maximum Gasteiger partial charge on any atom is 0.279 e. The minimum absolute atomic E-state index is 0.167. The van der Waals surface area contributed by atoms with Crippen molar-refractivity contribution in [3.8, 4) is 0 Å². The van der Waals surface area contributed by atoms with Gasteiger partial charge in [0.2, 0.25) is 0 Å². The fraction of sp³-hybridized carbons (Fsp3) is 0.929.